The summed E-state index contributed by atoms with van der Waals surface area (Å²) in [6.07, 6.45) is 0.946. The average Bonchev–Trinajstić information content (AvgIpc) is 2.84. The van der Waals surface area contributed by atoms with Crippen molar-refractivity contribution < 1.29 is 9.50 Å². The van der Waals surface area contributed by atoms with E-state index in [1.807, 2.05) is 22.8 Å². The minimum absolute atomic E-state index is 0.133. The molecule has 0 unspecified atom stereocenters. The predicted molar refractivity (Wildman–Crippen MR) is 80.5 cm³/mol. The van der Waals surface area contributed by atoms with E-state index < -0.39 is 0 Å². The van der Waals surface area contributed by atoms with E-state index in [0.717, 1.165) is 23.0 Å². The fourth-order valence-corrected chi connectivity index (χ4v) is 2.56. The highest BCUT2D eigenvalue weighted by atomic mass is 19.1. The molecule has 0 aliphatic heterocycles. The molecule has 0 radical (unpaired) electrons. The lowest BCUT2D eigenvalue weighted by Crippen LogP contribution is -2.05. The number of imidazole rings is 1. The summed E-state index contributed by atoms with van der Waals surface area (Å²) in [6.45, 7) is 2.46. The molecule has 1 N–H and O–H groups in total. The molecule has 0 spiro atoms. The number of hydrogen-bond acceptors (Lipinski definition) is 2. The summed E-state index contributed by atoms with van der Waals surface area (Å²) >= 11 is 0. The second kappa shape index (κ2) is 5.66. The van der Waals surface area contributed by atoms with Crippen LogP contribution in [-0.2, 0) is 19.6 Å². The summed E-state index contributed by atoms with van der Waals surface area (Å²) in [6, 6.07) is 12.6. The van der Waals surface area contributed by atoms with Gasteiger partial charge in [-0.3, -0.25) is 0 Å². The molecule has 0 aliphatic carbocycles. The van der Waals surface area contributed by atoms with Crippen molar-refractivity contribution in [2.45, 2.75) is 26.5 Å². The van der Waals surface area contributed by atoms with Gasteiger partial charge in [-0.05, 0) is 41.8 Å². The van der Waals surface area contributed by atoms with Crippen LogP contribution in [0.25, 0.3) is 11.0 Å². The number of nitrogens with zero attached hydrogens (tertiary/aromatic N) is 2. The zero-order valence-corrected chi connectivity index (χ0v) is 11.9. The first kappa shape index (κ1) is 13.8. The van der Waals surface area contributed by atoms with Crippen molar-refractivity contribution in [3.8, 4) is 0 Å². The van der Waals surface area contributed by atoms with Crippen molar-refractivity contribution in [3.63, 3.8) is 0 Å². The van der Waals surface area contributed by atoms with Crippen LogP contribution in [0.2, 0.25) is 0 Å². The fourth-order valence-electron chi connectivity index (χ4n) is 2.56. The molecule has 0 saturated carbocycles. The molecule has 0 bridgehead atoms. The molecular weight excluding hydrogens is 267 g/mol. The van der Waals surface area contributed by atoms with E-state index in [-0.39, 0.29) is 12.4 Å². The van der Waals surface area contributed by atoms with Crippen LogP contribution in [-0.4, -0.2) is 14.7 Å². The Labute approximate surface area is 122 Å². The highest BCUT2D eigenvalue weighted by Gasteiger charge is 2.11. The minimum atomic E-state index is -0.254. The largest absolute Gasteiger partial charge is 0.388 e. The van der Waals surface area contributed by atoms with Crippen LogP contribution in [0.5, 0.6) is 0 Å². The van der Waals surface area contributed by atoms with Gasteiger partial charge in [0.15, 0.2) is 0 Å². The van der Waals surface area contributed by atoms with Crippen molar-refractivity contribution in [1.29, 1.82) is 0 Å². The van der Waals surface area contributed by atoms with Crippen molar-refractivity contribution in [3.05, 3.63) is 65.2 Å². The Balaban J connectivity index is 2.08. The molecule has 108 valence electrons. The molecule has 3 nitrogen and oxygen atoms in total. The third-order valence-corrected chi connectivity index (χ3v) is 3.67. The second-order valence-electron chi connectivity index (χ2n) is 5.08. The molecule has 21 heavy (non-hydrogen) atoms. The third-order valence-electron chi connectivity index (χ3n) is 3.67. The normalized spacial score (nSPS) is 11.2. The van der Waals surface area contributed by atoms with Crippen LogP contribution in [0.1, 0.15) is 23.9 Å². The standard InChI is InChI=1S/C17H17FN2O/c1-2-12-6-7-16-15(9-12)19-17(11-21)20(16)10-13-4-3-5-14(18)8-13/h3-9,21H,2,10-11H2,1H3. The maximum atomic E-state index is 13.3. The molecule has 0 amide bonds. The van der Waals surface area contributed by atoms with Gasteiger partial charge in [0.1, 0.15) is 18.2 Å². The average molecular weight is 284 g/mol. The molecule has 0 saturated heterocycles. The maximum Gasteiger partial charge on any atom is 0.136 e. The SMILES string of the molecule is CCc1ccc2c(c1)nc(CO)n2Cc1cccc(F)c1. The first-order valence-electron chi connectivity index (χ1n) is 7.04. The first-order valence-corrected chi connectivity index (χ1v) is 7.04. The summed E-state index contributed by atoms with van der Waals surface area (Å²) in [7, 11) is 0. The zero-order valence-electron chi connectivity index (χ0n) is 11.9. The lowest BCUT2D eigenvalue weighted by Gasteiger charge is -2.08. The van der Waals surface area contributed by atoms with Gasteiger partial charge in [0, 0.05) is 6.54 Å². The lowest BCUT2D eigenvalue weighted by molar-refractivity contribution is 0.267. The topological polar surface area (TPSA) is 38.1 Å². The van der Waals surface area contributed by atoms with Gasteiger partial charge in [0.05, 0.1) is 11.0 Å². The summed E-state index contributed by atoms with van der Waals surface area (Å²) in [5, 5.41) is 9.52. The minimum Gasteiger partial charge on any atom is -0.388 e. The Morgan fingerprint density at radius 1 is 1.14 bits per heavy atom. The number of fused-ring (bicyclic) bond motifs is 1. The molecule has 0 fully saturated rings. The van der Waals surface area contributed by atoms with Gasteiger partial charge in [0.25, 0.3) is 0 Å². The number of halogens is 1. The number of benzene rings is 2. The van der Waals surface area contributed by atoms with Gasteiger partial charge in [-0.2, -0.15) is 0 Å². The van der Waals surface area contributed by atoms with E-state index in [9.17, 15) is 9.50 Å². The van der Waals surface area contributed by atoms with E-state index in [2.05, 4.69) is 18.0 Å². The first-order chi connectivity index (χ1) is 10.2. The van der Waals surface area contributed by atoms with E-state index in [1.165, 1.54) is 17.7 Å². The van der Waals surface area contributed by atoms with E-state index in [0.29, 0.717) is 12.4 Å². The van der Waals surface area contributed by atoms with E-state index >= 15 is 0 Å². The zero-order chi connectivity index (χ0) is 14.8. The molecule has 3 rings (SSSR count). The van der Waals surface area contributed by atoms with Crippen LogP contribution in [0, 0.1) is 5.82 Å². The van der Waals surface area contributed by atoms with Crippen molar-refractivity contribution in [1.82, 2.24) is 9.55 Å². The lowest BCUT2D eigenvalue weighted by atomic mass is 10.1. The molecule has 1 heterocycles. The number of rotatable bonds is 4. The molecule has 0 atom stereocenters. The molecule has 3 aromatic rings. The van der Waals surface area contributed by atoms with E-state index in [4.69, 9.17) is 0 Å². The van der Waals surface area contributed by atoms with Crippen LogP contribution in [0.3, 0.4) is 0 Å². The van der Waals surface area contributed by atoms with E-state index in [1.54, 1.807) is 6.07 Å². The van der Waals surface area contributed by atoms with Crippen molar-refractivity contribution in [2.24, 2.45) is 0 Å². The number of hydrogen-bond donors (Lipinski definition) is 1. The van der Waals surface area contributed by atoms with Gasteiger partial charge in [0.2, 0.25) is 0 Å². The molecule has 0 aliphatic rings. The Morgan fingerprint density at radius 3 is 2.71 bits per heavy atom. The summed E-state index contributed by atoms with van der Waals surface area (Å²) in [4.78, 5) is 4.48. The number of aliphatic hydroxyl groups is 1. The highest BCUT2D eigenvalue weighted by Crippen LogP contribution is 2.20. The molecule has 4 heteroatoms. The number of aryl methyl sites for hydroxylation is 1. The van der Waals surface area contributed by atoms with Crippen LogP contribution in [0.15, 0.2) is 42.5 Å². The number of aromatic nitrogens is 2. The Morgan fingerprint density at radius 2 is 2.00 bits per heavy atom. The van der Waals surface area contributed by atoms with Gasteiger partial charge in [-0.15, -0.1) is 0 Å². The third kappa shape index (κ3) is 2.67. The van der Waals surface area contributed by atoms with Crippen molar-refractivity contribution in [2.75, 3.05) is 0 Å². The van der Waals surface area contributed by atoms with Gasteiger partial charge < -0.3 is 9.67 Å². The Kier molecular flexibility index (Phi) is 3.71. The van der Waals surface area contributed by atoms with Crippen LogP contribution >= 0.6 is 0 Å². The molecule has 2 aromatic carbocycles. The smallest absolute Gasteiger partial charge is 0.136 e. The van der Waals surface area contributed by atoms with Gasteiger partial charge >= 0.3 is 0 Å². The quantitative estimate of drug-likeness (QED) is 0.798. The fraction of sp³-hybridized carbons (Fsp3) is 0.235. The molecular formula is C17H17FN2O. The van der Waals surface area contributed by atoms with Crippen molar-refractivity contribution >= 4 is 11.0 Å². The van der Waals surface area contributed by atoms with Gasteiger partial charge in [-0.25, -0.2) is 9.37 Å². The molecule has 1 aromatic heterocycles. The number of aliphatic hydroxyl groups excluding tert-OH is 1. The summed E-state index contributed by atoms with van der Waals surface area (Å²) in [5.74, 6) is 0.346. The van der Waals surface area contributed by atoms with Gasteiger partial charge in [-0.1, -0.05) is 25.1 Å². The maximum absolute atomic E-state index is 13.3. The second-order valence-corrected chi connectivity index (χ2v) is 5.08. The Hall–Kier alpha value is -2.20. The summed E-state index contributed by atoms with van der Waals surface area (Å²) in [5.41, 5.74) is 3.89. The monoisotopic (exact) mass is 284 g/mol. The summed E-state index contributed by atoms with van der Waals surface area (Å²) < 4.78 is 15.3. The van der Waals surface area contributed by atoms with Crippen LogP contribution in [0.4, 0.5) is 4.39 Å². The van der Waals surface area contributed by atoms with Crippen LogP contribution < -0.4 is 0 Å². The Bertz CT molecular complexity index is 780. The predicted octanol–water partition coefficient (Wildman–Crippen LogP) is 3.28. The highest BCUT2D eigenvalue weighted by molar-refractivity contribution is 5.77.